The number of anilines is 6. The van der Waals surface area contributed by atoms with Gasteiger partial charge < -0.3 is 14.4 Å². The molecule has 2 aliphatic heterocycles. The van der Waals surface area contributed by atoms with Crippen molar-refractivity contribution in [1.29, 1.82) is 0 Å². The average Bonchev–Trinajstić information content (AvgIpc) is 3.51. The Labute approximate surface area is 307 Å². The lowest BCUT2D eigenvalue weighted by molar-refractivity contribution is 0.667. The molecule has 250 valence electrons. The number of benzene rings is 6. The van der Waals surface area contributed by atoms with Gasteiger partial charge in [0.2, 0.25) is 0 Å². The lowest BCUT2D eigenvalue weighted by atomic mass is 9.33. The van der Waals surface area contributed by atoms with Crippen molar-refractivity contribution in [3.63, 3.8) is 0 Å². The number of hydrogen-bond donors (Lipinski definition) is 0. The highest BCUT2D eigenvalue weighted by molar-refractivity contribution is 7.00. The first-order chi connectivity index (χ1) is 25.4. The van der Waals surface area contributed by atoms with Crippen molar-refractivity contribution < 1.29 is 0 Å². The Kier molecular flexibility index (Phi) is 6.93. The second-order valence-electron chi connectivity index (χ2n) is 15.5. The smallest absolute Gasteiger partial charge is 0.252 e. The van der Waals surface area contributed by atoms with Crippen LogP contribution in [0.5, 0.6) is 0 Å². The lowest BCUT2D eigenvalue weighted by Gasteiger charge is -2.45. The van der Waals surface area contributed by atoms with Gasteiger partial charge in [0, 0.05) is 34.1 Å². The van der Waals surface area contributed by atoms with E-state index in [1.165, 1.54) is 90.7 Å². The summed E-state index contributed by atoms with van der Waals surface area (Å²) < 4.78 is 2.56. The van der Waals surface area contributed by atoms with E-state index in [-0.39, 0.29) is 6.71 Å². The monoisotopic (exact) mass is 686 g/mol. The van der Waals surface area contributed by atoms with E-state index in [9.17, 15) is 0 Å². The van der Waals surface area contributed by atoms with Gasteiger partial charge in [-0.15, -0.1) is 0 Å². The summed E-state index contributed by atoms with van der Waals surface area (Å²) in [6.45, 7) is 15.2. The van der Waals surface area contributed by atoms with Crippen molar-refractivity contribution in [2.75, 3.05) is 9.80 Å². The van der Waals surface area contributed by atoms with Crippen LogP contribution in [0.25, 0.3) is 21.4 Å². The highest BCUT2D eigenvalue weighted by Gasteiger charge is 2.45. The minimum atomic E-state index is -1.62. The molecule has 0 bridgehead atoms. The van der Waals surface area contributed by atoms with Crippen molar-refractivity contribution in [3.8, 4) is 5.69 Å². The standard InChI is InChI=1S/C46H39BN4Si/c1-48-31-23-26-40-36(29-31)35-19-11-13-21-39(35)51(40)43-28-27-42-45-46(43)50(33-17-9-6-10-18-33)41-22-14-12-20-37(41)47(45)38-25-24-34(52(2,3)4)30-44(38)49(42)32-15-7-5-8-16-32/h5-10,12,14-18,20,22-30H,11,13,19,21H2,2-4H3. The van der Waals surface area contributed by atoms with Crippen LogP contribution in [0.15, 0.2) is 133 Å². The molecule has 1 aromatic heterocycles. The zero-order valence-electron chi connectivity index (χ0n) is 29.9. The van der Waals surface area contributed by atoms with Gasteiger partial charge in [-0.1, -0.05) is 97.6 Å². The Balaban J connectivity index is 1.36. The third-order valence-corrected chi connectivity index (χ3v) is 13.6. The summed E-state index contributed by atoms with van der Waals surface area (Å²) in [5.41, 5.74) is 17.2. The van der Waals surface area contributed by atoms with Gasteiger partial charge in [-0.2, -0.15) is 0 Å². The molecular weight excluding hydrogens is 647 g/mol. The molecule has 10 rings (SSSR count). The summed E-state index contributed by atoms with van der Waals surface area (Å²) in [5, 5.41) is 2.69. The first kappa shape index (κ1) is 31.0. The van der Waals surface area contributed by atoms with Gasteiger partial charge in [-0.25, -0.2) is 4.85 Å². The molecule has 3 heterocycles. The van der Waals surface area contributed by atoms with Gasteiger partial charge in [-0.3, -0.25) is 0 Å². The normalized spacial score (nSPS) is 14.4. The fourth-order valence-corrected chi connectivity index (χ4v) is 10.3. The van der Waals surface area contributed by atoms with Gasteiger partial charge in [-0.05, 0) is 114 Å². The van der Waals surface area contributed by atoms with Crippen molar-refractivity contribution in [1.82, 2.24) is 4.57 Å². The number of aryl methyl sites for hydroxylation is 1. The second kappa shape index (κ2) is 11.6. The molecule has 0 atom stereocenters. The fraction of sp³-hybridized carbons (Fsp3) is 0.152. The molecule has 0 unspecified atom stereocenters. The van der Waals surface area contributed by atoms with Crippen molar-refractivity contribution in [3.05, 3.63) is 156 Å². The Morgan fingerprint density at radius 1 is 0.615 bits per heavy atom. The quantitative estimate of drug-likeness (QED) is 0.135. The van der Waals surface area contributed by atoms with Gasteiger partial charge >= 0.3 is 0 Å². The molecule has 7 aromatic rings. The maximum absolute atomic E-state index is 7.82. The predicted octanol–water partition coefficient (Wildman–Crippen LogP) is 9.69. The zero-order valence-corrected chi connectivity index (χ0v) is 30.9. The van der Waals surface area contributed by atoms with E-state index >= 15 is 0 Å². The Morgan fingerprint density at radius 2 is 1.29 bits per heavy atom. The van der Waals surface area contributed by atoms with Crippen molar-refractivity contribution in [2.45, 2.75) is 45.3 Å². The maximum atomic E-state index is 7.82. The molecule has 1 aliphatic carbocycles. The van der Waals surface area contributed by atoms with Crippen LogP contribution in [0, 0.1) is 6.57 Å². The van der Waals surface area contributed by atoms with Crippen LogP contribution < -0.4 is 31.4 Å². The molecule has 0 spiro atoms. The minimum Gasteiger partial charge on any atom is -0.311 e. The maximum Gasteiger partial charge on any atom is 0.252 e. The molecule has 0 radical (unpaired) electrons. The van der Waals surface area contributed by atoms with E-state index in [2.05, 4.69) is 166 Å². The number of aromatic nitrogens is 1. The highest BCUT2D eigenvalue weighted by atomic mass is 28.3. The molecule has 0 saturated heterocycles. The first-order valence-corrected chi connectivity index (χ1v) is 22.1. The number of para-hydroxylation sites is 3. The number of fused-ring (bicyclic) bond motifs is 7. The minimum absolute atomic E-state index is 0.0538. The van der Waals surface area contributed by atoms with Crippen LogP contribution in [-0.2, 0) is 12.8 Å². The summed E-state index contributed by atoms with van der Waals surface area (Å²) in [6.07, 6.45) is 4.42. The highest BCUT2D eigenvalue weighted by Crippen LogP contribution is 2.48. The van der Waals surface area contributed by atoms with Crippen LogP contribution in [0.1, 0.15) is 24.1 Å². The van der Waals surface area contributed by atoms with Crippen LogP contribution >= 0.6 is 0 Å². The van der Waals surface area contributed by atoms with Crippen LogP contribution in [0.2, 0.25) is 19.6 Å². The molecular formula is C46H39BN4Si. The van der Waals surface area contributed by atoms with Crippen molar-refractivity contribution >= 4 is 87.1 Å². The SMILES string of the molecule is [C-]#[N+]c1ccc2c(c1)c1c(n2-c2ccc3c4c2N(c2ccccc2)c2ccccc2B4c2ccc([Si](C)(C)C)cc2N3c2ccccc2)CCCC1. The second-order valence-corrected chi connectivity index (χ2v) is 20.6. The summed E-state index contributed by atoms with van der Waals surface area (Å²) in [5.74, 6) is 0. The Bertz CT molecular complexity index is 2600. The Morgan fingerprint density at radius 3 is 2.04 bits per heavy atom. The van der Waals surface area contributed by atoms with Gasteiger partial charge in [0.25, 0.3) is 6.71 Å². The zero-order chi connectivity index (χ0) is 35.1. The van der Waals surface area contributed by atoms with E-state index < -0.39 is 8.07 Å². The molecule has 52 heavy (non-hydrogen) atoms. The summed E-state index contributed by atoms with van der Waals surface area (Å²) in [7, 11) is -1.62. The largest absolute Gasteiger partial charge is 0.311 e. The van der Waals surface area contributed by atoms with E-state index in [0.717, 1.165) is 18.5 Å². The van der Waals surface area contributed by atoms with Gasteiger partial charge in [0.15, 0.2) is 5.69 Å². The molecule has 3 aliphatic rings. The molecule has 0 N–H and O–H groups in total. The number of rotatable bonds is 4. The van der Waals surface area contributed by atoms with E-state index in [4.69, 9.17) is 6.57 Å². The molecule has 0 saturated carbocycles. The number of nitrogens with zero attached hydrogens (tertiary/aromatic N) is 4. The van der Waals surface area contributed by atoms with Gasteiger partial charge in [0.05, 0.1) is 31.5 Å². The summed E-state index contributed by atoms with van der Waals surface area (Å²) in [4.78, 5) is 8.90. The Hall–Kier alpha value is -5.77. The molecule has 0 fully saturated rings. The summed E-state index contributed by atoms with van der Waals surface area (Å²) >= 11 is 0. The fourth-order valence-electron chi connectivity index (χ4n) is 9.17. The third kappa shape index (κ3) is 4.52. The topological polar surface area (TPSA) is 15.8 Å². The number of hydrogen-bond acceptors (Lipinski definition) is 2. The molecule has 6 aromatic carbocycles. The van der Waals surface area contributed by atoms with Crippen LogP contribution in [-0.4, -0.2) is 19.4 Å². The van der Waals surface area contributed by atoms with E-state index in [1.54, 1.807) is 0 Å². The molecule has 0 amide bonds. The predicted molar refractivity (Wildman–Crippen MR) is 223 cm³/mol. The molecule has 4 nitrogen and oxygen atoms in total. The lowest BCUT2D eigenvalue weighted by Crippen LogP contribution is -2.62. The molecule has 6 heteroatoms. The van der Waals surface area contributed by atoms with E-state index in [1.807, 2.05) is 6.07 Å². The van der Waals surface area contributed by atoms with Crippen LogP contribution in [0.4, 0.5) is 39.8 Å². The third-order valence-electron chi connectivity index (χ3n) is 11.5. The van der Waals surface area contributed by atoms with Crippen LogP contribution in [0.3, 0.4) is 0 Å². The van der Waals surface area contributed by atoms with Gasteiger partial charge in [0.1, 0.15) is 0 Å². The first-order valence-electron chi connectivity index (χ1n) is 18.6. The summed E-state index contributed by atoms with van der Waals surface area (Å²) in [6, 6.07) is 49.4. The van der Waals surface area contributed by atoms with Crippen molar-refractivity contribution in [2.24, 2.45) is 0 Å². The van der Waals surface area contributed by atoms with E-state index in [0.29, 0.717) is 5.69 Å². The average molecular weight is 687 g/mol.